The minimum absolute atomic E-state index is 0.00955. The Bertz CT molecular complexity index is 1030. The first-order valence-corrected chi connectivity index (χ1v) is 12.0. The normalized spacial score (nSPS) is 20.0. The number of halogens is 1. The van der Waals surface area contributed by atoms with E-state index in [0.717, 1.165) is 31.9 Å². The Morgan fingerprint density at radius 2 is 1.89 bits per heavy atom. The fourth-order valence-corrected chi connectivity index (χ4v) is 4.34. The molecule has 3 rings (SSSR count). The minimum atomic E-state index is -0.731. The number of aromatic nitrogens is 3. The summed E-state index contributed by atoms with van der Waals surface area (Å²) in [6.07, 6.45) is 7.34. The summed E-state index contributed by atoms with van der Waals surface area (Å²) in [5, 5.41) is 9.99. The Hall–Kier alpha value is -3.17. The molecule has 1 saturated carbocycles. The number of hydrogen-bond donors (Lipinski definition) is 2. The Kier molecular flexibility index (Phi) is 8.34. The van der Waals surface area contributed by atoms with Crippen molar-refractivity contribution in [3.05, 3.63) is 36.0 Å². The first kappa shape index (κ1) is 26.4. The molecule has 192 valence electrons. The summed E-state index contributed by atoms with van der Waals surface area (Å²) >= 11 is 0. The van der Waals surface area contributed by atoms with Crippen LogP contribution >= 0.6 is 0 Å². The summed E-state index contributed by atoms with van der Waals surface area (Å²) in [6, 6.07) is 0.223. The van der Waals surface area contributed by atoms with E-state index in [2.05, 4.69) is 27.6 Å². The molecule has 0 unspecified atom stereocenters. The van der Waals surface area contributed by atoms with E-state index in [1.165, 1.54) is 19.4 Å². The van der Waals surface area contributed by atoms with Gasteiger partial charge in [-0.2, -0.15) is 5.10 Å². The molecule has 0 aromatic carbocycles. The SMILES string of the molecule is COc1ncc(F)cc1[C@H](C)n1cc(NC(=O)[C@@H](NC(=O)OC(C)(C)C)C2CCC(C)CC2)cn1. The molecule has 1 aliphatic rings. The lowest BCUT2D eigenvalue weighted by molar-refractivity contribution is -0.119. The highest BCUT2D eigenvalue weighted by molar-refractivity contribution is 5.96. The van der Waals surface area contributed by atoms with Crippen LogP contribution in [0.4, 0.5) is 14.9 Å². The lowest BCUT2D eigenvalue weighted by atomic mass is 9.79. The maximum absolute atomic E-state index is 13.8. The van der Waals surface area contributed by atoms with E-state index in [1.807, 2.05) is 6.92 Å². The number of pyridine rings is 1. The van der Waals surface area contributed by atoms with Crippen LogP contribution < -0.4 is 15.4 Å². The van der Waals surface area contributed by atoms with Gasteiger partial charge in [0.2, 0.25) is 11.8 Å². The standard InChI is InChI=1S/C25H36FN5O4/c1-15-7-9-17(10-8-15)21(30-24(33)35-25(3,4)5)22(32)29-19-13-28-31(14-19)16(2)20-11-18(26)12-27-23(20)34-6/h11-17,21H,7-10H2,1-6H3,(H,29,32)(H,30,33)/t15?,16-,17?,21-/m0/s1. The van der Waals surface area contributed by atoms with Crippen molar-refractivity contribution in [3.63, 3.8) is 0 Å². The highest BCUT2D eigenvalue weighted by atomic mass is 19.1. The number of nitrogens with zero attached hydrogens (tertiary/aromatic N) is 3. The molecular formula is C25H36FN5O4. The van der Waals surface area contributed by atoms with Crippen LogP contribution in [0.3, 0.4) is 0 Å². The van der Waals surface area contributed by atoms with Crippen LogP contribution in [0.1, 0.15) is 71.9 Å². The number of carbonyl (C=O) groups excluding carboxylic acids is 2. The van der Waals surface area contributed by atoms with Gasteiger partial charge in [-0.1, -0.05) is 19.8 Å². The molecule has 10 heteroatoms. The number of anilines is 1. The zero-order valence-corrected chi connectivity index (χ0v) is 21.3. The third kappa shape index (κ3) is 7.16. The Morgan fingerprint density at radius 3 is 2.51 bits per heavy atom. The summed E-state index contributed by atoms with van der Waals surface area (Å²) in [6.45, 7) is 9.37. The van der Waals surface area contributed by atoms with Crippen LogP contribution in [-0.2, 0) is 9.53 Å². The first-order valence-electron chi connectivity index (χ1n) is 12.0. The molecule has 2 aromatic rings. The van der Waals surface area contributed by atoms with E-state index >= 15 is 0 Å². The first-order chi connectivity index (χ1) is 16.5. The fourth-order valence-electron chi connectivity index (χ4n) is 4.34. The molecule has 2 aromatic heterocycles. The number of nitrogens with one attached hydrogen (secondary N) is 2. The van der Waals surface area contributed by atoms with Gasteiger partial charge in [0.1, 0.15) is 17.5 Å². The number of carbonyl (C=O) groups is 2. The van der Waals surface area contributed by atoms with Gasteiger partial charge in [-0.3, -0.25) is 9.48 Å². The predicted octanol–water partition coefficient (Wildman–Crippen LogP) is 4.69. The Labute approximate surface area is 205 Å². The lowest BCUT2D eigenvalue weighted by Crippen LogP contribution is -2.50. The van der Waals surface area contributed by atoms with Gasteiger partial charge < -0.3 is 20.1 Å². The minimum Gasteiger partial charge on any atom is -0.481 e. The second-order valence-electron chi connectivity index (χ2n) is 10.3. The summed E-state index contributed by atoms with van der Waals surface area (Å²) < 4.78 is 26.0. The quantitative estimate of drug-likeness (QED) is 0.584. The zero-order valence-electron chi connectivity index (χ0n) is 21.3. The number of amides is 2. The molecule has 2 heterocycles. The average molecular weight is 490 g/mol. The van der Waals surface area contributed by atoms with Crippen molar-refractivity contribution < 1.29 is 23.5 Å². The summed E-state index contributed by atoms with van der Waals surface area (Å²) in [5.74, 6) is 0.104. The monoisotopic (exact) mass is 489 g/mol. The van der Waals surface area contributed by atoms with Crippen LogP contribution in [0.15, 0.2) is 24.7 Å². The van der Waals surface area contributed by atoms with Crippen molar-refractivity contribution >= 4 is 17.7 Å². The van der Waals surface area contributed by atoms with Gasteiger partial charge in [0, 0.05) is 11.8 Å². The predicted molar refractivity (Wildman–Crippen MR) is 130 cm³/mol. The molecule has 35 heavy (non-hydrogen) atoms. The van der Waals surface area contributed by atoms with Gasteiger partial charge in [0.15, 0.2) is 0 Å². The molecule has 0 bridgehead atoms. The highest BCUT2D eigenvalue weighted by Crippen LogP contribution is 2.31. The summed E-state index contributed by atoms with van der Waals surface area (Å²) in [7, 11) is 1.47. The largest absolute Gasteiger partial charge is 0.481 e. The van der Waals surface area contributed by atoms with Crippen molar-refractivity contribution in [1.29, 1.82) is 0 Å². The maximum Gasteiger partial charge on any atom is 0.408 e. The number of hydrogen-bond acceptors (Lipinski definition) is 6. The molecule has 1 fully saturated rings. The van der Waals surface area contributed by atoms with Gasteiger partial charge in [0.05, 0.1) is 31.2 Å². The van der Waals surface area contributed by atoms with E-state index in [1.54, 1.807) is 31.6 Å². The molecule has 1 aliphatic carbocycles. The molecule has 0 spiro atoms. The van der Waals surface area contributed by atoms with E-state index in [0.29, 0.717) is 23.0 Å². The van der Waals surface area contributed by atoms with Gasteiger partial charge in [-0.15, -0.1) is 0 Å². The van der Waals surface area contributed by atoms with Gasteiger partial charge >= 0.3 is 6.09 Å². The highest BCUT2D eigenvalue weighted by Gasteiger charge is 2.34. The second kappa shape index (κ2) is 11.0. The van der Waals surface area contributed by atoms with Crippen molar-refractivity contribution in [3.8, 4) is 5.88 Å². The fraction of sp³-hybridized carbons (Fsp3) is 0.600. The molecule has 0 radical (unpaired) electrons. The number of methoxy groups -OCH3 is 1. The third-order valence-electron chi connectivity index (χ3n) is 6.24. The third-order valence-corrected chi connectivity index (χ3v) is 6.24. The number of ether oxygens (including phenoxy) is 2. The molecule has 0 saturated heterocycles. The van der Waals surface area contributed by atoms with Gasteiger partial charge in [0.25, 0.3) is 0 Å². The maximum atomic E-state index is 13.8. The number of rotatable bonds is 7. The van der Waals surface area contributed by atoms with Crippen LogP contribution in [0.25, 0.3) is 0 Å². The summed E-state index contributed by atoms with van der Waals surface area (Å²) in [4.78, 5) is 29.8. The topological polar surface area (TPSA) is 107 Å². The number of alkyl carbamates (subject to hydrolysis) is 1. The average Bonchev–Trinajstić information content (AvgIpc) is 3.24. The van der Waals surface area contributed by atoms with Crippen molar-refractivity contribution in [2.75, 3.05) is 12.4 Å². The Balaban J connectivity index is 1.75. The molecule has 9 nitrogen and oxygen atoms in total. The van der Waals surface area contributed by atoms with E-state index in [9.17, 15) is 14.0 Å². The zero-order chi connectivity index (χ0) is 25.8. The Morgan fingerprint density at radius 1 is 1.20 bits per heavy atom. The molecule has 2 amide bonds. The van der Waals surface area contributed by atoms with Crippen LogP contribution in [0.2, 0.25) is 0 Å². The van der Waals surface area contributed by atoms with Gasteiger partial charge in [-0.25, -0.2) is 14.2 Å². The van der Waals surface area contributed by atoms with Crippen LogP contribution in [-0.4, -0.2) is 45.5 Å². The smallest absolute Gasteiger partial charge is 0.408 e. The second-order valence-corrected chi connectivity index (χ2v) is 10.3. The lowest BCUT2D eigenvalue weighted by Gasteiger charge is -2.32. The molecule has 2 N–H and O–H groups in total. The molecule has 2 atom stereocenters. The van der Waals surface area contributed by atoms with Crippen molar-refractivity contribution in [2.45, 2.75) is 78.0 Å². The van der Waals surface area contributed by atoms with Gasteiger partial charge in [-0.05, 0) is 58.4 Å². The van der Waals surface area contributed by atoms with Crippen LogP contribution in [0, 0.1) is 17.7 Å². The van der Waals surface area contributed by atoms with E-state index < -0.39 is 29.6 Å². The molecular weight excluding hydrogens is 453 g/mol. The van der Waals surface area contributed by atoms with Crippen molar-refractivity contribution in [2.24, 2.45) is 11.8 Å². The van der Waals surface area contributed by atoms with E-state index in [4.69, 9.17) is 9.47 Å². The van der Waals surface area contributed by atoms with Crippen LogP contribution in [0.5, 0.6) is 5.88 Å². The summed E-state index contributed by atoms with van der Waals surface area (Å²) in [5.41, 5.74) is 0.315. The van der Waals surface area contributed by atoms with Crippen molar-refractivity contribution in [1.82, 2.24) is 20.1 Å². The molecule has 0 aliphatic heterocycles. The van der Waals surface area contributed by atoms with E-state index in [-0.39, 0.29) is 11.8 Å².